The Bertz CT molecular complexity index is 131. The third kappa shape index (κ3) is 4.01. The van der Waals surface area contributed by atoms with Crippen molar-refractivity contribution in [2.45, 2.75) is 12.8 Å². The predicted molar refractivity (Wildman–Crippen MR) is 42.3 cm³/mol. The number of ether oxygens (including phenoxy) is 1. The number of hydrogen-bond acceptors (Lipinski definition) is 1. The van der Waals surface area contributed by atoms with E-state index >= 15 is 0 Å². The standard InChI is InChI=1S/C9H12O/c1-4-6-9(7-5-2)8-10-3/h1-2,9H,6-8H2,3H3. The second kappa shape index (κ2) is 6.20. The van der Waals surface area contributed by atoms with Gasteiger partial charge < -0.3 is 4.74 Å². The molecule has 0 aromatic carbocycles. The van der Waals surface area contributed by atoms with Gasteiger partial charge in [-0.25, -0.2) is 0 Å². The lowest BCUT2D eigenvalue weighted by Gasteiger charge is -2.07. The fourth-order valence-electron chi connectivity index (χ4n) is 0.759. The summed E-state index contributed by atoms with van der Waals surface area (Å²) in [4.78, 5) is 0. The Morgan fingerprint density at radius 3 is 2.10 bits per heavy atom. The third-order valence-electron chi connectivity index (χ3n) is 1.22. The van der Waals surface area contributed by atoms with Crippen LogP contribution in [0.15, 0.2) is 0 Å². The fraction of sp³-hybridized carbons (Fsp3) is 0.556. The lowest BCUT2D eigenvalue weighted by Crippen LogP contribution is -2.06. The lowest BCUT2D eigenvalue weighted by molar-refractivity contribution is 0.156. The van der Waals surface area contributed by atoms with E-state index in [9.17, 15) is 0 Å². The van der Waals surface area contributed by atoms with Gasteiger partial charge >= 0.3 is 0 Å². The van der Waals surface area contributed by atoms with Gasteiger partial charge in [-0.2, -0.15) is 0 Å². The van der Waals surface area contributed by atoms with Crippen LogP contribution in [-0.4, -0.2) is 13.7 Å². The molecule has 0 aliphatic carbocycles. The molecule has 0 rings (SSSR count). The highest BCUT2D eigenvalue weighted by Crippen LogP contribution is 2.06. The van der Waals surface area contributed by atoms with Crippen LogP contribution in [0, 0.1) is 30.6 Å². The van der Waals surface area contributed by atoms with E-state index in [1.165, 1.54) is 0 Å². The van der Waals surface area contributed by atoms with E-state index in [1.807, 2.05) is 0 Å². The van der Waals surface area contributed by atoms with Crippen LogP contribution in [0.4, 0.5) is 0 Å². The largest absolute Gasteiger partial charge is 0.384 e. The molecule has 0 spiro atoms. The molecule has 0 aliphatic rings. The molecule has 0 unspecified atom stereocenters. The molecule has 0 aliphatic heterocycles. The number of hydrogen-bond donors (Lipinski definition) is 0. The van der Waals surface area contributed by atoms with E-state index in [-0.39, 0.29) is 0 Å². The maximum absolute atomic E-state index is 5.12. The van der Waals surface area contributed by atoms with Crippen molar-refractivity contribution >= 4 is 0 Å². The Balaban J connectivity index is 3.54. The number of terminal acetylenes is 2. The van der Waals surface area contributed by atoms with Crippen molar-refractivity contribution in [2.24, 2.45) is 5.92 Å². The summed E-state index contributed by atoms with van der Waals surface area (Å²) in [5, 5.41) is 0. The smallest absolute Gasteiger partial charge is 0.0508 e. The zero-order valence-electron chi connectivity index (χ0n) is 6.26. The van der Waals surface area contributed by atoms with Gasteiger partial charge in [-0.05, 0) is 0 Å². The molecule has 0 N–H and O–H groups in total. The second-order valence-corrected chi connectivity index (χ2v) is 2.14. The van der Waals surface area contributed by atoms with E-state index < -0.39 is 0 Å². The monoisotopic (exact) mass is 136 g/mol. The highest BCUT2D eigenvalue weighted by molar-refractivity contribution is 4.93. The molecule has 0 amide bonds. The van der Waals surface area contributed by atoms with Crippen molar-refractivity contribution in [1.29, 1.82) is 0 Å². The predicted octanol–water partition coefficient (Wildman–Crippen LogP) is 1.30. The van der Waals surface area contributed by atoms with Gasteiger partial charge in [-0.15, -0.1) is 24.7 Å². The molecule has 1 heteroatoms. The van der Waals surface area contributed by atoms with Crippen molar-refractivity contribution in [3.05, 3.63) is 0 Å². The molecule has 0 atom stereocenters. The molecule has 0 fully saturated rings. The molecular formula is C9H12O. The van der Waals surface area contributed by atoms with E-state index in [2.05, 4.69) is 11.8 Å². The van der Waals surface area contributed by atoms with Crippen molar-refractivity contribution in [3.63, 3.8) is 0 Å². The van der Waals surface area contributed by atoms with Crippen molar-refractivity contribution in [3.8, 4) is 24.7 Å². The topological polar surface area (TPSA) is 9.23 Å². The quantitative estimate of drug-likeness (QED) is 0.529. The van der Waals surface area contributed by atoms with Crippen LogP contribution in [0.3, 0.4) is 0 Å². The molecule has 10 heavy (non-hydrogen) atoms. The van der Waals surface area contributed by atoms with Gasteiger partial charge in [-0.3, -0.25) is 0 Å². The summed E-state index contributed by atoms with van der Waals surface area (Å²) in [5.41, 5.74) is 0. The second-order valence-electron chi connectivity index (χ2n) is 2.14. The van der Waals surface area contributed by atoms with Crippen molar-refractivity contribution in [1.82, 2.24) is 0 Å². The van der Waals surface area contributed by atoms with Crippen LogP contribution in [0.2, 0.25) is 0 Å². The molecule has 1 nitrogen and oxygen atoms in total. The Morgan fingerprint density at radius 2 is 1.80 bits per heavy atom. The summed E-state index contributed by atoms with van der Waals surface area (Å²) in [5.74, 6) is 5.46. The van der Waals surface area contributed by atoms with E-state index in [0.717, 1.165) is 0 Å². The molecule has 0 aromatic rings. The number of methoxy groups -OCH3 is 1. The highest BCUT2D eigenvalue weighted by atomic mass is 16.5. The minimum Gasteiger partial charge on any atom is -0.384 e. The molecule has 0 heterocycles. The van der Waals surface area contributed by atoms with E-state index in [4.69, 9.17) is 17.6 Å². The normalized spacial score (nSPS) is 8.80. The first-order valence-corrected chi connectivity index (χ1v) is 3.21. The maximum Gasteiger partial charge on any atom is 0.0508 e. The molecule has 54 valence electrons. The molecule has 0 saturated heterocycles. The van der Waals surface area contributed by atoms with Crippen molar-refractivity contribution in [2.75, 3.05) is 13.7 Å². The average molecular weight is 136 g/mol. The van der Waals surface area contributed by atoms with Crippen LogP contribution in [0.25, 0.3) is 0 Å². The van der Waals surface area contributed by atoms with E-state index in [0.29, 0.717) is 25.4 Å². The summed E-state index contributed by atoms with van der Waals surface area (Å²) in [6.45, 7) is 0.661. The van der Waals surface area contributed by atoms with Gasteiger partial charge in [0.25, 0.3) is 0 Å². The van der Waals surface area contributed by atoms with Gasteiger partial charge in [-0.1, -0.05) is 0 Å². The molecule has 0 radical (unpaired) electrons. The van der Waals surface area contributed by atoms with Crippen LogP contribution in [0.1, 0.15) is 12.8 Å². The Morgan fingerprint density at radius 1 is 1.30 bits per heavy atom. The van der Waals surface area contributed by atoms with Gasteiger partial charge in [0, 0.05) is 25.9 Å². The average Bonchev–Trinajstić information content (AvgIpc) is 1.90. The maximum atomic E-state index is 5.12. The Kier molecular flexibility index (Phi) is 5.63. The van der Waals surface area contributed by atoms with E-state index in [1.54, 1.807) is 7.11 Å². The molecular weight excluding hydrogens is 124 g/mol. The Hall–Kier alpha value is -0.920. The molecule has 0 aromatic heterocycles. The first-order chi connectivity index (χ1) is 4.85. The summed E-state index contributed by atoms with van der Waals surface area (Å²) in [7, 11) is 1.65. The van der Waals surface area contributed by atoms with Crippen molar-refractivity contribution < 1.29 is 4.74 Å². The minimum absolute atomic E-state index is 0.333. The van der Waals surface area contributed by atoms with Gasteiger partial charge in [0.05, 0.1) is 6.61 Å². The Labute approximate surface area is 62.8 Å². The van der Waals surface area contributed by atoms with Crippen LogP contribution in [0.5, 0.6) is 0 Å². The fourth-order valence-corrected chi connectivity index (χ4v) is 0.759. The molecule has 0 bridgehead atoms. The van der Waals surface area contributed by atoms with Crippen LogP contribution in [-0.2, 0) is 4.74 Å². The first-order valence-electron chi connectivity index (χ1n) is 3.21. The zero-order chi connectivity index (χ0) is 7.82. The van der Waals surface area contributed by atoms with Crippen LogP contribution < -0.4 is 0 Å². The van der Waals surface area contributed by atoms with Gasteiger partial charge in [0.1, 0.15) is 0 Å². The first kappa shape index (κ1) is 9.08. The summed E-state index contributed by atoms with van der Waals surface area (Å²) >= 11 is 0. The minimum atomic E-state index is 0.333. The summed E-state index contributed by atoms with van der Waals surface area (Å²) in [6.07, 6.45) is 11.6. The van der Waals surface area contributed by atoms with Gasteiger partial charge in [0.2, 0.25) is 0 Å². The van der Waals surface area contributed by atoms with Crippen LogP contribution >= 0.6 is 0 Å². The zero-order valence-corrected chi connectivity index (χ0v) is 6.26. The number of rotatable bonds is 4. The third-order valence-corrected chi connectivity index (χ3v) is 1.22. The lowest BCUT2D eigenvalue weighted by atomic mass is 10.0. The summed E-state index contributed by atoms with van der Waals surface area (Å²) in [6, 6.07) is 0. The molecule has 0 saturated carbocycles. The van der Waals surface area contributed by atoms with Gasteiger partial charge in [0.15, 0.2) is 0 Å². The SMILES string of the molecule is C#CCC(CC#C)COC. The summed E-state index contributed by atoms with van der Waals surface area (Å²) < 4.78 is 4.92. The highest BCUT2D eigenvalue weighted by Gasteiger charge is 2.03.